The van der Waals surface area contributed by atoms with Gasteiger partial charge in [-0.25, -0.2) is 4.98 Å². The van der Waals surface area contributed by atoms with E-state index in [-0.39, 0.29) is 0 Å². The Morgan fingerprint density at radius 2 is 1.39 bits per heavy atom. The molecule has 3 aliphatic heterocycles. The van der Waals surface area contributed by atoms with E-state index < -0.39 is 0 Å². The van der Waals surface area contributed by atoms with Gasteiger partial charge in [0, 0.05) is 41.2 Å². The number of nitriles is 1. The number of rotatable bonds is 5. The van der Waals surface area contributed by atoms with E-state index in [1.54, 1.807) is 0 Å². The van der Waals surface area contributed by atoms with Crippen LogP contribution < -0.4 is 13.7 Å². The number of nitrogens with zero attached hydrogens (tertiary/aromatic N) is 5. The van der Waals surface area contributed by atoms with Crippen LogP contribution in [0.15, 0.2) is 140 Å². The third-order valence-corrected chi connectivity index (χ3v) is 9.10. The van der Waals surface area contributed by atoms with Crippen molar-refractivity contribution in [3.63, 3.8) is 0 Å². The maximum atomic E-state index is 10.1. The number of quaternary nitrogens is 2. The van der Waals surface area contributed by atoms with Crippen LogP contribution in [-0.4, -0.2) is 16.2 Å². The SMILES string of the molecule is N#Cc1ccc([N@@+]23[CH-][N@@+](c4ccccc4)(C2)c2ccccc23)cc1Oc1ccc2c3ccccc3n(-c3ccccn3)c2c1. The molecule has 0 unspecified atom stereocenters. The Kier molecular flexibility index (Phi) is 5.15. The zero-order valence-corrected chi connectivity index (χ0v) is 23.7. The summed E-state index contributed by atoms with van der Waals surface area (Å²) in [6, 6.07) is 48.0. The number of hydrogen-bond donors (Lipinski definition) is 0. The van der Waals surface area contributed by atoms with Crippen LogP contribution in [-0.2, 0) is 0 Å². The molecule has 0 aliphatic carbocycles. The van der Waals surface area contributed by atoms with E-state index in [4.69, 9.17) is 4.74 Å². The molecule has 1 fully saturated rings. The van der Waals surface area contributed by atoms with Crippen LogP contribution in [0.5, 0.6) is 11.5 Å². The highest BCUT2D eigenvalue weighted by molar-refractivity contribution is 6.09. The minimum absolute atomic E-state index is 0.495. The molecule has 10 rings (SSSR count). The van der Waals surface area contributed by atoms with Gasteiger partial charge in [-0.15, -0.1) is 0 Å². The average Bonchev–Trinajstić information content (AvgIpc) is 3.66. The molecule has 5 aromatic carbocycles. The minimum atomic E-state index is 0.495. The first-order valence-corrected chi connectivity index (χ1v) is 14.7. The molecule has 0 radical (unpaired) electrons. The Balaban J connectivity index is 1.15. The zero-order valence-electron chi connectivity index (χ0n) is 23.7. The lowest BCUT2D eigenvalue weighted by atomic mass is 10.1. The zero-order chi connectivity index (χ0) is 29.3. The summed E-state index contributed by atoms with van der Waals surface area (Å²) in [5.74, 6) is 2.04. The molecule has 2 atom stereocenters. The van der Waals surface area contributed by atoms with E-state index in [0.29, 0.717) is 26.0 Å². The normalized spacial score (nSPS) is 19.8. The molecule has 6 heteroatoms. The quantitative estimate of drug-likeness (QED) is 0.154. The molecule has 5 heterocycles. The fraction of sp³-hybridized carbons (Fsp3) is 0.0263. The highest BCUT2D eigenvalue weighted by Crippen LogP contribution is 2.65. The molecule has 0 saturated carbocycles. The summed E-state index contributed by atoms with van der Waals surface area (Å²) in [6.45, 7) is 3.22. The summed E-state index contributed by atoms with van der Waals surface area (Å²) in [5, 5.41) is 12.3. The van der Waals surface area contributed by atoms with E-state index in [0.717, 1.165) is 40.0 Å². The molecule has 3 aliphatic rings. The van der Waals surface area contributed by atoms with Crippen LogP contribution in [0.4, 0.5) is 22.7 Å². The molecule has 7 aromatic rings. The summed E-state index contributed by atoms with van der Waals surface area (Å²) in [4.78, 5) is 4.65. The van der Waals surface area contributed by atoms with Crippen LogP contribution in [0.1, 0.15) is 5.56 Å². The van der Waals surface area contributed by atoms with Crippen LogP contribution in [0.25, 0.3) is 27.6 Å². The first kappa shape index (κ1) is 24.8. The van der Waals surface area contributed by atoms with Gasteiger partial charge in [-0.1, -0.05) is 54.6 Å². The third-order valence-electron chi connectivity index (χ3n) is 9.10. The van der Waals surface area contributed by atoms with Crippen molar-refractivity contribution in [1.29, 1.82) is 5.26 Å². The summed E-state index contributed by atoms with van der Waals surface area (Å²) in [5.41, 5.74) is 7.40. The first-order valence-electron chi connectivity index (χ1n) is 14.7. The Bertz CT molecular complexity index is 2280. The predicted octanol–water partition coefficient (Wildman–Crippen LogP) is 9.22. The number of pyridine rings is 1. The van der Waals surface area contributed by atoms with E-state index in [1.165, 1.54) is 17.1 Å². The van der Waals surface area contributed by atoms with Gasteiger partial charge < -0.3 is 4.74 Å². The monoisotopic (exact) mass is 568 g/mol. The van der Waals surface area contributed by atoms with Crippen molar-refractivity contribution in [1.82, 2.24) is 18.5 Å². The Labute approximate surface area is 254 Å². The number of ether oxygens (including phenoxy) is 1. The highest BCUT2D eigenvalue weighted by Gasteiger charge is 2.62. The van der Waals surface area contributed by atoms with Gasteiger partial charge in [0.1, 0.15) is 29.0 Å². The smallest absolute Gasteiger partial charge is 0.186 e. The van der Waals surface area contributed by atoms with Crippen molar-refractivity contribution in [3.05, 3.63) is 152 Å². The van der Waals surface area contributed by atoms with Gasteiger partial charge in [-0.3, -0.25) is 13.5 Å². The van der Waals surface area contributed by atoms with Crippen molar-refractivity contribution >= 4 is 44.6 Å². The van der Waals surface area contributed by atoms with Crippen LogP contribution >= 0.6 is 0 Å². The number of hydrogen-bond acceptors (Lipinski definition) is 3. The number of fused-ring (bicyclic) bond motifs is 3. The molecule has 0 amide bonds. The molecular formula is C38H26N5O+. The molecule has 0 spiro atoms. The standard InChI is InChI=1S/C38H26N5O/c39-24-27-17-18-29(43-25-42(26-43,28-10-2-1-3-11-28)35-14-6-7-15-36(35)43)22-37(27)44-30-19-20-32-31-12-4-5-13-33(31)41(34(32)23-30)38-16-8-9-21-40-38/h1-23,25H,26H2/q+1/t42-,43+/m0/s1. The van der Waals surface area contributed by atoms with Gasteiger partial charge in [0.15, 0.2) is 23.8 Å². The summed E-state index contributed by atoms with van der Waals surface area (Å²) < 4.78 is 10.0. The van der Waals surface area contributed by atoms with Gasteiger partial charge in [0.2, 0.25) is 0 Å². The highest BCUT2D eigenvalue weighted by atomic mass is 16.5. The molecule has 6 nitrogen and oxygen atoms in total. The fourth-order valence-electron chi connectivity index (χ4n) is 7.16. The van der Waals surface area contributed by atoms with Crippen molar-refractivity contribution in [2.45, 2.75) is 0 Å². The van der Waals surface area contributed by atoms with Gasteiger partial charge in [0.05, 0.1) is 23.3 Å². The number of aromatic nitrogens is 2. The predicted molar refractivity (Wildman–Crippen MR) is 175 cm³/mol. The largest absolute Gasteiger partial charge is 0.456 e. The molecule has 2 bridgehead atoms. The van der Waals surface area contributed by atoms with E-state index in [9.17, 15) is 5.26 Å². The maximum Gasteiger partial charge on any atom is 0.186 e. The Morgan fingerprint density at radius 3 is 2.16 bits per heavy atom. The molecule has 0 N–H and O–H groups in total. The van der Waals surface area contributed by atoms with E-state index in [2.05, 4.69) is 107 Å². The van der Waals surface area contributed by atoms with Crippen molar-refractivity contribution < 1.29 is 4.74 Å². The lowest BCUT2D eigenvalue weighted by Crippen LogP contribution is -2.67. The molecule has 208 valence electrons. The Hall–Kier alpha value is -5.74. The van der Waals surface area contributed by atoms with Crippen molar-refractivity contribution in [2.75, 3.05) is 6.67 Å². The first-order chi connectivity index (χ1) is 21.7. The van der Waals surface area contributed by atoms with Crippen LogP contribution in [0, 0.1) is 18.0 Å². The molecule has 2 aromatic heterocycles. The second kappa shape index (κ2) is 9.13. The van der Waals surface area contributed by atoms with Crippen molar-refractivity contribution in [3.8, 4) is 23.4 Å². The van der Waals surface area contributed by atoms with E-state index in [1.807, 2.05) is 54.7 Å². The van der Waals surface area contributed by atoms with Gasteiger partial charge in [-0.05, 0) is 54.6 Å². The van der Waals surface area contributed by atoms with E-state index >= 15 is 0 Å². The minimum Gasteiger partial charge on any atom is -0.456 e. The molecule has 44 heavy (non-hydrogen) atoms. The topological polar surface area (TPSA) is 50.8 Å². The lowest BCUT2D eigenvalue weighted by Gasteiger charge is -2.56. The van der Waals surface area contributed by atoms with Gasteiger partial charge in [0.25, 0.3) is 0 Å². The second-order valence-corrected chi connectivity index (χ2v) is 11.4. The summed E-state index contributed by atoms with van der Waals surface area (Å²) in [7, 11) is 0. The fourth-order valence-corrected chi connectivity index (χ4v) is 7.16. The summed E-state index contributed by atoms with van der Waals surface area (Å²) in [6.07, 6.45) is 1.81. The van der Waals surface area contributed by atoms with Crippen LogP contribution in [0.2, 0.25) is 0 Å². The number of para-hydroxylation sites is 4. The third kappa shape index (κ3) is 3.34. The molecular weight excluding hydrogens is 542 g/mol. The van der Waals surface area contributed by atoms with Gasteiger partial charge >= 0.3 is 0 Å². The molecule has 1 saturated heterocycles. The van der Waals surface area contributed by atoms with Crippen molar-refractivity contribution in [2.24, 2.45) is 0 Å². The lowest BCUT2D eigenvalue weighted by molar-refractivity contribution is 0.187. The maximum absolute atomic E-state index is 10.1. The second-order valence-electron chi connectivity index (χ2n) is 11.4. The summed E-state index contributed by atoms with van der Waals surface area (Å²) >= 11 is 0. The number of benzene rings is 5. The average molecular weight is 569 g/mol. The Morgan fingerprint density at radius 1 is 0.682 bits per heavy atom. The van der Waals surface area contributed by atoms with Crippen LogP contribution in [0.3, 0.4) is 0 Å². The van der Waals surface area contributed by atoms with Gasteiger partial charge in [-0.2, -0.15) is 5.26 Å².